The van der Waals surface area contributed by atoms with Crippen LogP contribution >= 0.6 is 0 Å². The Labute approximate surface area is 182 Å². The van der Waals surface area contributed by atoms with Crippen LogP contribution in [0.2, 0.25) is 0 Å². The second-order valence-electron chi connectivity index (χ2n) is 5.25. The Morgan fingerprint density at radius 2 is 2.00 bits per heavy atom. The number of unbranched alkanes of at least 4 members (excludes halogenated alkanes) is 3. The molecule has 0 bridgehead atoms. The summed E-state index contributed by atoms with van der Waals surface area (Å²) >= 11 is 0. The van der Waals surface area contributed by atoms with E-state index in [4.69, 9.17) is 10.2 Å². The van der Waals surface area contributed by atoms with Crippen LogP contribution in [0.1, 0.15) is 46.0 Å². The molecule has 6 nitrogen and oxygen atoms in total. The van der Waals surface area contributed by atoms with E-state index < -0.39 is 12.0 Å². The molecule has 0 aromatic rings. The molecular formula is C16H29KN2O4. The van der Waals surface area contributed by atoms with Crippen molar-refractivity contribution in [2.75, 3.05) is 26.2 Å². The predicted molar refractivity (Wildman–Crippen MR) is 86.0 cm³/mol. The molecular weight excluding hydrogens is 323 g/mol. The van der Waals surface area contributed by atoms with E-state index in [-0.39, 0.29) is 70.4 Å². The van der Waals surface area contributed by atoms with Gasteiger partial charge in [0.2, 0.25) is 0 Å². The van der Waals surface area contributed by atoms with Crippen LogP contribution in [0.15, 0.2) is 17.1 Å². The van der Waals surface area contributed by atoms with Gasteiger partial charge < -0.3 is 15.3 Å². The number of carboxylic acid groups (broad SMARTS) is 1. The van der Waals surface area contributed by atoms with Crippen molar-refractivity contribution in [1.82, 2.24) is 4.90 Å². The summed E-state index contributed by atoms with van der Waals surface area (Å²) in [7, 11) is 0. The summed E-state index contributed by atoms with van der Waals surface area (Å²) in [5.74, 6) is -1.19. The van der Waals surface area contributed by atoms with Crippen LogP contribution < -0.4 is 56.5 Å². The summed E-state index contributed by atoms with van der Waals surface area (Å²) in [6, 6.07) is -0.651. The zero-order chi connectivity index (χ0) is 16.8. The fraction of sp³-hybridized carbons (Fsp3) is 0.750. The fourth-order valence-electron chi connectivity index (χ4n) is 1.97. The maximum atomic E-state index is 11.5. The van der Waals surface area contributed by atoms with Crippen LogP contribution in [0.4, 0.5) is 0 Å². The third-order valence-corrected chi connectivity index (χ3v) is 3.40. The molecule has 0 fully saturated rings. The molecule has 0 aliphatic rings. The van der Waals surface area contributed by atoms with Crippen LogP contribution in [-0.2, 0) is 4.79 Å². The molecule has 1 unspecified atom stereocenters. The molecule has 23 heavy (non-hydrogen) atoms. The number of rotatable bonds is 13. The number of carboxylic acids is 1. The Balaban J connectivity index is 0. The van der Waals surface area contributed by atoms with Gasteiger partial charge in [-0.15, -0.1) is 0 Å². The number of aliphatic hydroxyl groups is 1. The van der Waals surface area contributed by atoms with Gasteiger partial charge in [-0.05, 0) is 32.1 Å². The van der Waals surface area contributed by atoms with Crippen molar-refractivity contribution in [2.24, 2.45) is 4.99 Å². The molecule has 0 amide bonds. The minimum Gasteiger partial charge on any atom is -0.859 e. The van der Waals surface area contributed by atoms with E-state index in [9.17, 15) is 9.90 Å². The van der Waals surface area contributed by atoms with E-state index in [1.165, 1.54) is 6.08 Å². The Bertz CT molecular complexity index is 362. The van der Waals surface area contributed by atoms with Gasteiger partial charge >= 0.3 is 57.4 Å². The van der Waals surface area contributed by atoms with Crippen molar-refractivity contribution >= 4 is 11.9 Å². The van der Waals surface area contributed by atoms with Gasteiger partial charge in [-0.3, -0.25) is 14.7 Å². The van der Waals surface area contributed by atoms with E-state index in [0.29, 0.717) is 19.5 Å². The molecule has 128 valence electrons. The van der Waals surface area contributed by atoms with Crippen molar-refractivity contribution in [3.63, 3.8) is 0 Å². The zero-order valence-electron chi connectivity index (χ0n) is 14.7. The van der Waals surface area contributed by atoms with Gasteiger partial charge in [0.15, 0.2) is 0 Å². The van der Waals surface area contributed by atoms with Gasteiger partial charge in [-0.1, -0.05) is 31.9 Å². The molecule has 0 spiro atoms. The van der Waals surface area contributed by atoms with E-state index in [1.54, 1.807) is 11.8 Å². The number of aliphatic imine (C=N–C) groups is 1. The molecule has 7 heteroatoms. The SMILES string of the molecule is CCCCC/C=C/C([O-])=NCCN(CCCO)C(C)C(=O)O.[K+]. The first-order chi connectivity index (χ1) is 10.5. The summed E-state index contributed by atoms with van der Waals surface area (Å²) in [5, 5.41) is 29.4. The Hall–Kier alpha value is 0.236. The number of aliphatic hydroxyl groups excluding tert-OH is 1. The molecule has 0 heterocycles. The standard InChI is InChI=1S/C16H30N2O4.K/c1-3-4-5-6-7-9-15(20)17-10-12-18(11-8-13-19)14(2)16(21)22;/h7,9,14,19H,3-6,8,10-13H2,1-2H3,(H,17,20)(H,21,22);/q;+1/p-1/b9-7+;. The number of allylic oxidation sites excluding steroid dienone is 1. The first-order valence-electron chi connectivity index (χ1n) is 7.98. The molecule has 1 atom stereocenters. The molecule has 0 rings (SSSR count). The van der Waals surface area contributed by atoms with Crippen molar-refractivity contribution < 1.29 is 71.5 Å². The van der Waals surface area contributed by atoms with Gasteiger partial charge in [-0.2, -0.15) is 0 Å². The molecule has 0 radical (unpaired) electrons. The van der Waals surface area contributed by atoms with E-state index in [0.717, 1.165) is 25.7 Å². The number of hydrogen-bond acceptors (Lipinski definition) is 5. The Kier molecular flexibility index (Phi) is 18.9. The first-order valence-corrected chi connectivity index (χ1v) is 7.98. The molecule has 0 saturated heterocycles. The van der Waals surface area contributed by atoms with Crippen LogP contribution in [0.5, 0.6) is 0 Å². The second-order valence-corrected chi connectivity index (χ2v) is 5.25. The van der Waals surface area contributed by atoms with Gasteiger partial charge in [0.25, 0.3) is 0 Å². The van der Waals surface area contributed by atoms with Gasteiger partial charge in [0.05, 0.1) is 6.54 Å². The van der Waals surface area contributed by atoms with Crippen molar-refractivity contribution in [3.8, 4) is 0 Å². The van der Waals surface area contributed by atoms with Crippen LogP contribution in [0.3, 0.4) is 0 Å². The Morgan fingerprint density at radius 1 is 1.30 bits per heavy atom. The van der Waals surface area contributed by atoms with Gasteiger partial charge in [0, 0.05) is 19.7 Å². The summed E-state index contributed by atoms with van der Waals surface area (Å²) < 4.78 is 0. The molecule has 0 aromatic heterocycles. The van der Waals surface area contributed by atoms with Crippen LogP contribution in [-0.4, -0.2) is 59.3 Å². The minimum absolute atomic E-state index is 0. The maximum absolute atomic E-state index is 11.5. The third kappa shape index (κ3) is 14.3. The van der Waals surface area contributed by atoms with Crippen molar-refractivity contribution in [3.05, 3.63) is 12.2 Å². The Morgan fingerprint density at radius 3 is 2.57 bits per heavy atom. The van der Waals surface area contributed by atoms with Gasteiger partial charge in [0.1, 0.15) is 6.04 Å². The predicted octanol–water partition coefficient (Wildman–Crippen LogP) is -1.96. The van der Waals surface area contributed by atoms with Crippen LogP contribution in [0, 0.1) is 0 Å². The molecule has 0 aliphatic carbocycles. The minimum atomic E-state index is -0.917. The average molecular weight is 353 g/mol. The molecule has 0 aromatic carbocycles. The van der Waals surface area contributed by atoms with Crippen molar-refractivity contribution in [1.29, 1.82) is 0 Å². The largest absolute Gasteiger partial charge is 1.00 e. The van der Waals surface area contributed by atoms with E-state index in [1.807, 2.05) is 6.08 Å². The maximum Gasteiger partial charge on any atom is 1.00 e. The summed E-state index contributed by atoms with van der Waals surface area (Å²) in [5.41, 5.74) is 0. The monoisotopic (exact) mass is 352 g/mol. The summed E-state index contributed by atoms with van der Waals surface area (Å²) in [6.07, 6.45) is 8.08. The molecule has 2 N–H and O–H groups in total. The quantitative estimate of drug-likeness (QED) is 0.174. The first kappa shape index (κ1) is 25.5. The smallest absolute Gasteiger partial charge is 0.859 e. The third-order valence-electron chi connectivity index (χ3n) is 3.40. The molecule has 0 saturated carbocycles. The number of nitrogens with zero attached hydrogens (tertiary/aromatic N) is 2. The summed E-state index contributed by atoms with van der Waals surface area (Å²) in [4.78, 5) is 16.6. The fourth-order valence-corrected chi connectivity index (χ4v) is 1.97. The number of aliphatic carboxylic acids is 1. The van der Waals surface area contributed by atoms with E-state index in [2.05, 4.69) is 11.9 Å². The number of carbonyl (C=O) groups is 1. The van der Waals surface area contributed by atoms with E-state index >= 15 is 0 Å². The zero-order valence-corrected chi connectivity index (χ0v) is 17.8. The van der Waals surface area contributed by atoms with Crippen molar-refractivity contribution in [2.45, 2.75) is 52.0 Å². The average Bonchev–Trinajstić information content (AvgIpc) is 2.49. The summed E-state index contributed by atoms with van der Waals surface area (Å²) in [6.45, 7) is 4.87. The van der Waals surface area contributed by atoms with Gasteiger partial charge in [-0.25, -0.2) is 0 Å². The second kappa shape index (κ2) is 17.1. The van der Waals surface area contributed by atoms with Crippen LogP contribution in [0.25, 0.3) is 0 Å². The number of hydrogen-bond donors (Lipinski definition) is 2. The normalized spacial score (nSPS) is 13.3. The topological polar surface area (TPSA) is 96.2 Å². The molecule has 0 aliphatic heterocycles.